The quantitative estimate of drug-likeness (QED) is 0.322. The van der Waals surface area contributed by atoms with Crippen LogP contribution in [0.25, 0.3) is 22.6 Å². The molecular weight excluding hydrogens is 444 g/mol. The van der Waals surface area contributed by atoms with Crippen molar-refractivity contribution in [1.82, 2.24) is 14.9 Å². The molecule has 0 radical (unpaired) electrons. The molecule has 0 saturated heterocycles. The number of hydrogen-bond donors (Lipinski definition) is 1. The number of nitrogens with one attached hydrogen (secondary N) is 1. The van der Waals surface area contributed by atoms with Crippen molar-refractivity contribution < 1.29 is 4.79 Å². The lowest BCUT2D eigenvalue weighted by atomic mass is 9.99. The number of amides is 1. The molecule has 0 spiro atoms. The van der Waals surface area contributed by atoms with Crippen LogP contribution in [0.5, 0.6) is 0 Å². The van der Waals surface area contributed by atoms with Gasteiger partial charge in [0.2, 0.25) is 0 Å². The van der Waals surface area contributed by atoms with Crippen molar-refractivity contribution in [2.75, 3.05) is 19.0 Å². The van der Waals surface area contributed by atoms with Crippen LogP contribution in [0.1, 0.15) is 53.8 Å². The number of fused-ring (bicyclic) bond motifs is 1. The highest BCUT2D eigenvalue weighted by molar-refractivity contribution is 6.00. The molecule has 1 aliphatic carbocycles. The molecule has 1 aliphatic rings. The fourth-order valence-electron chi connectivity index (χ4n) is 5.23. The van der Waals surface area contributed by atoms with Gasteiger partial charge in [-0.3, -0.25) is 4.79 Å². The number of aromatic nitrogens is 2. The lowest BCUT2D eigenvalue weighted by molar-refractivity contribution is 0.0926. The monoisotopic (exact) mass is 478 g/mol. The Morgan fingerprint density at radius 2 is 1.72 bits per heavy atom. The van der Waals surface area contributed by atoms with Gasteiger partial charge in [0.1, 0.15) is 17.2 Å². The summed E-state index contributed by atoms with van der Waals surface area (Å²) in [7, 11) is 4.05. The number of nitrogens with zero attached hydrogens (tertiary/aromatic N) is 3. The third-order valence-corrected chi connectivity index (χ3v) is 7.09. The van der Waals surface area contributed by atoms with Crippen molar-refractivity contribution in [3.8, 4) is 22.6 Å². The second kappa shape index (κ2) is 10.4. The Morgan fingerprint density at radius 1 is 0.972 bits per heavy atom. The van der Waals surface area contributed by atoms with Crippen molar-refractivity contribution in [2.45, 2.75) is 45.2 Å². The minimum atomic E-state index is -0.0708. The molecule has 0 fully saturated rings. The number of carbonyl (C=O) groups excluding carboxylic acids is 1. The second-order valence-electron chi connectivity index (χ2n) is 9.66. The first kappa shape index (κ1) is 23.9. The average molecular weight is 479 g/mol. The normalized spacial score (nSPS) is 15.1. The Hall–Kier alpha value is -3.86. The van der Waals surface area contributed by atoms with E-state index in [0.29, 0.717) is 12.2 Å². The van der Waals surface area contributed by atoms with Gasteiger partial charge in [-0.05, 0) is 49.4 Å². The Balaban J connectivity index is 1.62. The summed E-state index contributed by atoms with van der Waals surface area (Å²) in [4.78, 5) is 21.2. The van der Waals surface area contributed by atoms with Crippen LogP contribution in [-0.2, 0) is 13.0 Å². The second-order valence-corrected chi connectivity index (χ2v) is 9.66. The standard InChI is InChI=1S/C31H34N4O/c1-4-35-29(31(36)32-27-20-11-9-14-22-13-8-10-19-26(22)27)28(24-17-12-18-25(21-24)34(2)3)33-30(35)23-15-6-5-7-16-23/h5-8,10,12-13,15-19,21,27H,4,9,11,14,20H2,1-3H3,(H,32,36). The van der Waals surface area contributed by atoms with Crippen LogP contribution in [0.4, 0.5) is 5.69 Å². The lowest BCUT2D eigenvalue weighted by Crippen LogP contribution is -2.31. The van der Waals surface area contributed by atoms with Crippen LogP contribution in [0.15, 0.2) is 78.9 Å². The van der Waals surface area contributed by atoms with E-state index >= 15 is 0 Å². The van der Waals surface area contributed by atoms with E-state index in [4.69, 9.17) is 4.98 Å². The molecule has 5 heteroatoms. The number of anilines is 1. The smallest absolute Gasteiger partial charge is 0.270 e. The maximum atomic E-state index is 14.1. The molecular formula is C31H34N4O. The van der Waals surface area contributed by atoms with E-state index in [2.05, 4.69) is 70.2 Å². The molecule has 0 saturated carbocycles. The number of carbonyl (C=O) groups is 1. The number of imidazole rings is 1. The first-order valence-electron chi connectivity index (χ1n) is 12.9. The van der Waals surface area contributed by atoms with Gasteiger partial charge in [-0.25, -0.2) is 4.98 Å². The zero-order valence-corrected chi connectivity index (χ0v) is 21.4. The van der Waals surface area contributed by atoms with Gasteiger partial charge in [-0.15, -0.1) is 0 Å². The van der Waals surface area contributed by atoms with Crippen LogP contribution < -0.4 is 10.2 Å². The van der Waals surface area contributed by atoms with E-state index in [1.807, 2.05) is 44.4 Å². The number of aryl methyl sites for hydroxylation is 1. The maximum Gasteiger partial charge on any atom is 0.270 e. The minimum Gasteiger partial charge on any atom is -0.378 e. The van der Waals surface area contributed by atoms with Crippen molar-refractivity contribution >= 4 is 11.6 Å². The summed E-state index contributed by atoms with van der Waals surface area (Å²) in [5.41, 5.74) is 6.94. The Morgan fingerprint density at radius 3 is 2.50 bits per heavy atom. The Kier molecular flexibility index (Phi) is 6.90. The fourth-order valence-corrected chi connectivity index (χ4v) is 5.23. The van der Waals surface area contributed by atoms with E-state index in [1.54, 1.807) is 0 Å². The molecule has 5 rings (SSSR count). The van der Waals surface area contributed by atoms with Gasteiger partial charge in [0, 0.05) is 37.5 Å². The van der Waals surface area contributed by atoms with Crippen LogP contribution in [0.2, 0.25) is 0 Å². The number of benzene rings is 3. The summed E-state index contributed by atoms with van der Waals surface area (Å²) >= 11 is 0. The summed E-state index contributed by atoms with van der Waals surface area (Å²) < 4.78 is 2.06. The molecule has 1 N–H and O–H groups in total. The van der Waals surface area contributed by atoms with Gasteiger partial charge in [-0.1, -0.05) is 73.2 Å². The van der Waals surface area contributed by atoms with Gasteiger partial charge < -0.3 is 14.8 Å². The predicted molar refractivity (Wildman–Crippen MR) is 147 cm³/mol. The third-order valence-electron chi connectivity index (χ3n) is 7.09. The van der Waals surface area contributed by atoms with Crippen molar-refractivity contribution in [3.63, 3.8) is 0 Å². The topological polar surface area (TPSA) is 50.2 Å². The third kappa shape index (κ3) is 4.66. The predicted octanol–water partition coefficient (Wildman–Crippen LogP) is 6.50. The van der Waals surface area contributed by atoms with Gasteiger partial charge in [0.15, 0.2) is 0 Å². The molecule has 4 aromatic rings. The summed E-state index contributed by atoms with van der Waals surface area (Å²) in [5.74, 6) is 0.744. The first-order valence-corrected chi connectivity index (χ1v) is 12.9. The highest BCUT2D eigenvalue weighted by atomic mass is 16.2. The molecule has 1 aromatic heterocycles. The van der Waals surface area contributed by atoms with Crippen molar-refractivity contribution in [2.24, 2.45) is 0 Å². The average Bonchev–Trinajstić information content (AvgIpc) is 3.19. The molecule has 1 amide bonds. The molecule has 3 aromatic carbocycles. The van der Waals surface area contributed by atoms with Crippen LogP contribution in [-0.4, -0.2) is 29.6 Å². The number of rotatable bonds is 6. The van der Waals surface area contributed by atoms with Gasteiger partial charge >= 0.3 is 0 Å². The maximum absolute atomic E-state index is 14.1. The molecule has 0 bridgehead atoms. The van der Waals surface area contributed by atoms with E-state index in [1.165, 1.54) is 11.1 Å². The molecule has 36 heavy (non-hydrogen) atoms. The molecule has 1 heterocycles. The van der Waals surface area contributed by atoms with Gasteiger partial charge in [0.05, 0.1) is 6.04 Å². The molecule has 1 unspecified atom stereocenters. The highest BCUT2D eigenvalue weighted by Crippen LogP contribution is 2.33. The highest BCUT2D eigenvalue weighted by Gasteiger charge is 2.27. The molecule has 5 nitrogen and oxygen atoms in total. The van der Waals surface area contributed by atoms with Gasteiger partial charge in [-0.2, -0.15) is 0 Å². The zero-order chi connectivity index (χ0) is 25.1. The molecule has 184 valence electrons. The SMILES string of the molecule is CCn1c(-c2ccccc2)nc(-c2cccc(N(C)C)c2)c1C(=O)NC1CCCCc2ccccc21. The van der Waals surface area contributed by atoms with Crippen molar-refractivity contribution in [3.05, 3.63) is 95.7 Å². The van der Waals surface area contributed by atoms with Crippen LogP contribution in [0.3, 0.4) is 0 Å². The summed E-state index contributed by atoms with van der Waals surface area (Å²) in [6, 6.07) is 26.9. The van der Waals surface area contributed by atoms with Crippen molar-refractivity contribution in [1.29, 1.82) is 0 Å². The summed E-state index contributed by atoms with van der Waals surface area (Å²) in [6.45, 7) is 2.72. The fraction of sp³-hybridized carbons (Fsp3) is 0.290. The first-order chi connectivity index (χ1) is 17.6. The minimum absolute atomic E-state index is 0.00228. The Labute approximate surface area is 213 Å². The zero-order valence-electron chi connectivity index (χ0n) is 21.4. The number of hydrogen-bond acceptors (Lipinski definition) is 3. The van der Waals surface area contributed by atoms with E-state index in [-0.39, 0.29) is 11.9 Å². The summed E-state index contributed by atoms with van der Waals surface area (Å²) in [6.07, 6.45) is 4.26. The van der Waals surface area contributed by atoms with E-state index in [9.17, 15) is 4.79 Å². The largest absolute Gasteiger partial charge is 0.378 e. The summed E-state index contributed by atoms with van der Waals surface area (Å²) in [5, 5.41) is 3.41. The Bertz CT molecular complexity index is 1360. The molecule has 0 aliphatic heterocycles. The van der Waals surface area contributed by atoms with Crippen LogP contribution in [0, 0.1) is 0 Å². The van der Waals surface area contributed by atoms with E-state index in [0.717, 1.165) is 54.0 Å². The van der Waals surface area contributed by atoms with Gasteiger partial charge in [0.25, 0.3) is 5.91 Å². The van der Waals surface area contributed by atoms with Crippen LogP contribution >= 0.6 is 0 Å². The lowest BCUT2D eigenvalue weighted by Gasteiger charge is -2.20. The van der Waals surface area contributed by atoms with E-state index < -0.39 is 0 Å². The molecule has 1 atom stereocenters.